The molecule has 2 heterocycles. The van der Waals surface area contributed by atoms with Gasteiger partial charge in [0.05, 0.1) is 6.61 Å². The molecule has 1 fully saturated rings. The fourth-order valence-corrected chi connectivity index (χ4v) is 2.02. The first-order valence-corrected chi connectivity index (χ1v) is 5.61. The van der Waals surface area contributed by atoms with Crippen molar-refractivity contribution in [3.05, 3.63) is 48.1 Å². The number of aryl methyl sites for hydroxylation is 1. The summed E-state index contributed by atoms with van der Waals surface area (Å²) < 4.78 is 33.6. The second-order valence-corrected chi connectivity index (χ2v) is 4.32. The van der Waals surface area contributed by atoms with Gasteiger partial charge in [0.1, 0.15) is 29.9 Å². The van der Waals surface area contributed by atoms with Crippen LogP contribution in [0, 0.1) is 11.6 Å². The minimum absolute atomic E-state index is 0.406. The SMILES string of the molecule is Fc1ccc(C2(CCn3cncn3)CO2)c(F)c1. The van der Waals surface area contributed by atoms with Gasteiger partial charge < -0.3 is 4.74 Å². The number of ether oxygens (including phenoxy) is 1. The third kappa shape index (κ3) is 1.99. The van der Waals surface area contributed by atoms with Crippen LogP contribution in [0.4, 0.5) is 8.78 Å². The van der Waals surface area contributed by atoms with Crippen molar-refractivity contribution in [1.29, 1.82) is 0 Å². The van der Waals surface area contributed by atoms with E-state index in [1.54, 1.807) is 11.0 Å². The Balaban J connectivity index is 1.78. The van der Waals surface area contributed by atoms with E-state index in [0.29, 0.717) is 25.1 Å². The number of halogens is 2. The number of hydrogen-bond donors (Lipinski definition) is 0. The Labute approximate surface area is 102 Å². The van der Waals surface area contributed by atoms with Crippen LogP contribution in [0.2, 0.25) is 0 Å². The zero-order valence-electron chi connectivity index (χ0n) is 9.51. The minimum atomic E-state index is -0.635. The largest absolute Gasteiger partial charge is 0.364 e. The zero-order chi connectivity index (χ0) is 12.6. The molecule has 3 rings (SSSR count). The molecule has 1 aliphatic heterocycles. The average molecular weight is 251 g/mol. The molecule has 4 nitrogen and oxygen atoms in total. The van der Waals surface area contributed by atoms with Gasteiger partial charge in [0.25, 0.3) is 0 Å². The van der Waals surface area contributed by atoms with Crippen LogP contribution in [-0.4, -0.2) is 21.4 Å². The molecule has 1 aromatic heterocycles. The van der Waals surface area contributed by atoms with Crippen molar-refractivity contribution < 1.29 is 13.5 Å². The molecule has 0 radical (unpaired) electrons. The van der Waals surface area contributed by atoms with Gasteiger partial charge in [-0.3, -0.25) is 4.68 Å². The second-order valence-electron chi connectivity index (χ2n) is 4.32. The highest BCUT2D eigenvalue weighted by molar-refractivity contribution is 5.28. The normalized spacial score (nSPS) is 22.1. The Morgan fingerprint density at radius 1 is 1.39 bits per heavy atom. The number of benzene rings is 1. The lowest BCUT2D eigenvalue weighted by atomic mass is 9.96. The molecular weight excluding hydrogens is 240 g/mol. The van der Waals surface area contributed by atoms with E-state index in [-0.39, 0.29) is 0 Å². The summed E-state index contributed by atoms with van der Waals surface area (Å²) in [7, 11) is 0. The van der Waals surface area contributed by atoms with Gasteiger partial charge in [-0.2, -0.15) is 5.10 Å². The highest BCUT2D eigenvalue weighted by Crippen LogP contribution is 2.43. The molecule has 0 N–H and O–H groups in total. The maximum Gasteiger partial charge on any atom is 0.137 e. The van der Waals surface area contributed by atoms with Gasteiger partial charge in [0.15, 0.2) is 0 Å². The first-order valence-electron chi connectivity index (χ1n) is 5.61. The van der Waals surface area contributed by atoms with E-state index in [1.807, 2.05) is 0 Å². The Bertz CT molecular complexity index is 552. The Morgan fingerprint density at radius 3 is 2.83 bits per heavy atom. The molecule has 6 heteroatoms. The summed E-state index contributed by atoms with van der Waals surface area (Å²) in [4.78, 5) is 3.83. The van der Waals surface area contributed by atoms with E-state index in [0.717, 1.165) is 6.07 Å². The summed E-state index contributed by atoms with van der Waals surface area (Å²) in [6, 6.07) is 3.57. The van der Waals surface area contributed by atoms with E-state index in [4.69, 9.17) is 4.74 Å². The van der Waals surface area contributed by atoms with Crippen LogP contribution in [0.1, 0.15) is 12.0 Å². The summed E-state index contributed by atoms with van der Waals surface area (Å²) >= 11 is 0. The second kappa shape index (κ2) is 4.13. The molecule has 94 valence electrons. The van der Waals surface area contributed by atoms with Crippen LogP contribution < -0.4 is 0 Å². The summed E-state index contributed by atoms with van der Waals surface area (Å²) in [5.74, 6) is -1.14. The predicted molar refractivity (Wildman–Crippen MR) is 58.6 cm³/mol. The van der Waals surface area contributed by atoms with E-state index < -0.39 is 17.2 Å². The molecule has 2 aromatic rings. The highest BCUT2D eigenvalue weighted by Gasteiger charge is 2.47. The van der Waals surface area contributed by atoms with Crippen LogP contribution >= 0.6 is 0 Å². The number of rotatable bonds is 4. The maximum atomic E-state index is 13.7. The van der Waals surface area contributed by atoms with Crippen LogP contribution in [0.3, 0.4) is 0 Å². The van der Waals surface area contributed by atoms with Crippen molar-refractivity contribution in [2.45, 2.75) is 18.6 Å². The van der Waals surface area contributed by atoms with Gasteiger partial charge in [-0.05, 0) is 6.07 Å². The zero-order valence-corrected chi connectivity index (χ0v) is 9.51. The molecule has 1 atom stereocenters. The molecule has 1 saturated heterocycles. The third-order valence-corrected chi connectivity index (χ3v) is 3.13. The summed E-state index contributed by atoms with van der Waals surface area (Å²) in [5.41, 5.74) is -0.229. The standard InChI is InChI=1S/C12H11F2N3O/c13-9-1-2-10(11(14)5-9)12(6-18-12)3-4-17-8-15-7-16-17/h1-2,5,7-8H,3-4,6H2. The number of epoxide rings is 1. The molecule has 0 amide bonds. The molecule has 0 aliphatic carbocycles. The first kappa shape index (κ1) is 11.3. The molecule has 1 unspecified atom stereocenters. The van der Waals surface area contributed by atoms with Crippen LogP contribution in [0.5, 0.6) is 0 Å². The molecule has 1 aromatic carbocycles. The van der Waals surface area contributed by atoms with Crippen molar-refractivity contribution in [2.24, 2.45) is 0 Å². The smallest absolute Gasteiger partial charge is 0.137 e. The number of hydrogen-bond acceptors (Lipinski definition) is 3. The monoisotopic (exact) mass is 251 g/mol. The van der Waals surface area contributed by atoms with Crippen molar-refractivity contribution in [3.8, 4) is 0 Å². The Kier molecular flexibility index (Phi) is 2.59. The van der Waals surface area contributed by atoms with Gasteiger partial charge in [0, 0.05) is 24.6 Å². The third-order valence-electron chi connectivity index (χ3n) is 3.13. The first-order chi connectivity index (χ1) is 8.70. The molecule has 18 heavy (non-hydrogen) atoms. The van der Waals surface area contributed by atoms with Crippen molar-refractivity contribution >= 4 is 0 Å². The van der Waals surface area contributed by atoms with Crippen LogP contribution in [0.25, 0.3) is 0 Å². The highest BCUT2D eigenvalue weighted by atomic mass is 19.1. The van der Waals surface area contributed by atoms with Crippen LogP contribution in [-0.2, 0) is 16.9 Å². The Morgan fingerprint density at radius 2 is 2.22 bits per heavy atom. The molecular formula is C12H11F2N3O. The number of aromatic nitrogens is 3. The Hall–Kier alpha value is -1.82. The van der Waals surface area contributed by atoms with Crippen molar-refractivity contribution in [2.75, 3.05) is 6.61 Å². The van der Waals surface area contributed by atoms with E-state index >= 15 is 0 Å². The molecule has 0 bridgehead atoms. The topological polar surface area (TPSA) is 43.2 Å². The maximum absolute atomic E-state index is 13.7. The van der Waals surface area contributed by atoms with Gasteiger partial charge in [0.2, 0.25) is 0 Å². The fraction of sp³-hybridized carbons (Fsp3) is 0.333. The summed E-state index contributed by atoms with van der Waals surface area (Å²) in [5, 5.41) is 3.97. The summed E-state index contributed by atoms with van der Waals surface area (Å²) in [6.45, 7) is 1.03. The van der Waals surface area contributed by atoms with Gasteiger partial charge in [-0.15, -0.1) is 0 Å². The lowest BCUT2D eigenvalue weighted by Crippen LogP contribution is -2.15. The molecule has 1 aliphatic rings. The predicted octanol–water partition coefficient (Wildman–Crippen LogP) is 1.87. The average Bonchev–Trinajstić information content (AvgIpc) is 2.94. The minimum Gasteiger partial charge on any atom is -0.364 e. The molecule has 0 saturated carbocycles. The van der Waals surface area contributed by atoms with Crippen LogP contribution in [0.15, 0.2) is 30.9 Å². The van der Waals surface area contributed by atoms with Crippen molar-refractivity contribution in [3.63, 3.8) is 0 Å². The lowest BCUT2D eigenvalue weighted by molar-refractivity contribution is 0.271. The fourth-order valence-electron chi connectivity index (χ4n) is 2.02. The van der Waals surface area contributed by atoms with E-state index in [1.165, 1.54) is 18.5 Å². The quantitative estimate of drug-likeness (QED) is 0.779. The summed E-state index contributed by atoms with van der Waals surface area (Å²) in [6.07, 6.45) is 3.62. The number of nitrogens with zero attached hydrogens (tertiary/aromatic N) is 3. The van der Waals surface area contributed by atoms with E-state index in [2.05, 4.69) is 10.1 Å². The van der Waals surface area contributed by atoms with Gasteiger partial charge in [-0.25, -0.2) is 13.8 Å². The van der Waals surface area contributed by atoms with Gasteiger partial charge >= 0.3 is 0 Å². The van der Waals surface area contributed by atoms with Crippen molar-refractivity contribution in [1.82, 2.24) is 14.8 Å². The molecule has 0 spiro atoms. The lowest BCUT2D eigenvalue weighted by Gasteiger charge is -2.13. The van der Waals surface area contributed by atoms with E-state index in [9.17, 15) is 8.78 Å². The van der Waals surface area contributed by atoms with Gasteiger partial charge in [-0.1, -0.05) is 6.07 Å².